The number of hydrogen-bond donors (Lipinski definition) is 1. The van der Waals surface area contributed by atoms with Crippen LogP contribution in [0.25, 0.3) is 0 Å². The lowest BCUT2D eigenvalue weighted by Gasteiger charge is -2.14. The minimum atomic E-state index is -4.61. The molecule has 1 N–H and O–H groups in total. The molecule has 0 aromatic carbocycles. The van der Waals surface area contributed by atoms with E-state index in [1.165, 1.54) is 24.0 Å². The van der Waals surface area contributed by atoms with Crippen molar-refractivity contribution in [2.75, 3.05) is 5.32 Å². The van der Waals surface area contributed by atoms with Crippen molar-refractivity contribution >= 4 is 29.3 Å². The summed E-state index contributed by atoms with van der Waals surface area (Å²) >= 11 is 5.69. The summed E-state index contributed by atoms with van der Waals surface area (Å²) in [5.41, 5.74) is -0.903. The van der Waals surface area contributed by atoms with Gasteiger partial charge in [-0.25, -0.2) is 9.78 Å². The molecule has 7 nitrogen and oxygen atoms in total. The zero-order chi connectivity index (χ0) is 18.8. The Kier molecular flexibility index (Phi) is 5.31. The number of carbonyl (C=O) groups excluding carboxylic acids is 2. The maximum absolute atomic E-state index is 12.5. The van der Waals surface area contributed by atoms with Crippen molar-refractivity contribution in [3.05, 3.63) is 40.8 Å². The summed E-state index contributed by atoms with van der Waals surface area (Å²) in [7, 11) is 1.60. The second kappa shape index (κ2) is 7.09. The Balaban J connectivity index is 2.02. The topological polar surface area (TPSA) is 86.1 Å². The molecule has 0 unspecified atom stereocenters. The summed E-state index contributed by atoms with van der Waals surface area (Å²) in [5.74, 6) is -1.85. The average molecular weight is 377 g/mol. The number of anilines is 1. The molecule has 2 rings (SSSR count). The second-order valence-electron chi connectivity index (χ2n) is 4.99. The number of halogens is 4. The number of amides is 1. The van der Waals surface area contributed by atoms with Crippen molar-refractivity contribution in [1.29, 1.82) is 0 Å². The van der Waals surface area contributed by atoms with Crippen LogP contribution in [0.3, 0.4) is 0 Å². The molecule has 0 spiro atoms. The normalized spacial score (nSPS) is 12.6. The van der Waals surface area contributed by atoms with E-state index in [1.54, 1.807) is 7.05 Å². The zero-order valence-corrected chi connectivity index (χ0v) is 13.7. The minimum absolute atomic E-state index is 0.146. The highest BCUT2D eigenvalue weighted by atomic mass is 35.5. The van der Waals surface area contributed by atoms with Gasteiger partial charge in [-0.3, -0.25) is 9.48 Å². The van der Waals surface area contributed by atoms with Crippen molar-refractivity contribution in [3.63, 3.8) is 0 Å². The van der Waals surface area contributed by atoms with Gasteiger partial charge in [-0.05, 0) is 13.0 Å². The van der Waals surface area contributed by atoms with E-state index < -0.39 is 34.7 Å². The van der Waals surface area contributed by atoms with E-state index in [9.17, 15) is 22.8 Å². The molecule has 0 saturated carbocycles. The number of hydrogen-bond acceptors (Lipinski definition) is 5. The Bertz CT molecular complexity index is 807. The van der Waals surface area contributed by atoms with Crippen LogP contribution in [-0.4, -0.2) is 32.7 Å². The fraction of sp³-hybridized carbons (Fsp3) is 0.286. The van der Waals surface area contributed by atoms with Gasteiger partial charge in [0.2, 0.25) is 0 Å². The molecule has 11 heteroatoms. The van der Waals surface area contributed by atoms with Crippen LogP contribution < -0.4 is 5.32 Å². The Labute approximate surface area is 144 Å². The van der Waals surface area contributed by atoms with Gasteiger partial charge in [-0.15, -0.1) is 0 Å². The lowest BCUT2D eigenvalue weighted by Crippen LogP contribution is -2.30. The van der Waals surface area contributed by atoms with Gasteiger partial charge in [-0.1, -0.05) is 11.6 Å². The van der Waals surface area contributed by atoms with Crippen molar-refractivity contribution in [2.24, 2.45) is 7.05 Å². The van der Waals surface area contributed by atoms with Gasteiger partial charge in [0, 0.05) is 19.4 Å². The smallest absolute Gasteiger partial charge is 0.417 e. The maximum atomic E-state index is 12.5. The predicted molar refractivity (Wildman–Crippen MR) is 81.0 cm³/mol. The molecule has 2 aromatic heterocycles. The number of ether oxygens (including phenoxy) is 1. The van der Waals surface area contributed by atoms with E-state index in [2.05, 4.69) is 15.4 Å². The largest absolute Gasteiger partial charge is 0.449 e. The van der Waals surface area contributed by atoms with Crippen molar-refractivity contribution in [2.45, 2.75) is 19.2 Å². The van der Waals surface area contributed by atoms with Crippen LogP contribution in [0, 0.1) is 0 Å². The molecule has 134 valence electrons. The quantitative estimate of drug-likeness (QED) is 0.829. The lowest BCUT2D eigenvalue weighted by atomic mass is 10.2. The molecule has 1 atom stereocenters. The first-order valence-corrected chi connectivity index (χ1v) is 7.19. The first-order chi connectivity index (χ1) is 11.6. The molecule has 0 bridgehead atoms. The number of aromatic nitrogens is 3. The SMILES string of the molecule is C[C@H](OC(=O)c1cnn(C)c1)C(=O)Nc1ncc(C(F)(F)F)cc1Cl. The molecule has 0 radical (unpaired) electrons. The van der Waals surface area contributed by atoms with Crippen LogP contribution in [0.2, 0.25) is 5.02 Å². The molecule has 0 fully saturated rings. The van der Waals surface area contributed by atoms with Gasteiger partial charge in [0.1, 0.15) is 0 Å². The first-order valence-electron chi connectivity index (χ1n) is 6.81. The molecule has 2 heterocycles. The van der Waals surface area contributed by atoms with E-state index in [0.29, 0.717) is 12.3 Å². The van der Waals surface area contributed by atoms with Gasteiger partial charge in [0.25, 0.3) is 5.91 Å². The average Bonchev–Trinajstić information content (AvgIpc) is 2.94. The van der Waals surface area contributed by atoms with Crippen LogP contribution in [-0.2, 0) is 22.8 Å². The summed E-state index contributed by atoms with van der Waals surface area (Å²) in [6.45, 7) is 1.29. The summed E-state index contributed by atoms with van der Waals surface area (Å²) in [4.78, 5) is 27.3. The molecular formula is C14H12ClF3N4O3. The zero-order valence-electron chi connectivity index (χ0n) is 13.0. The van der Waals surface area contributed by atoms with Gasteiger partial charge in [0.05, 0.1) is 22.3 Å². The van der Waals surface area contributed by atoms with Crippen LogP contribution in [0.1, 0.15) is 22.8 Å². The predicted octanol–water partition coefficient (Wildman–Crippen LogP) is 2.67. The third-order valence-corrected chi connectivity index (χ3v) is 3.29. The Morgan fingerprint density at radius 2 is 2.04 bits per heavy atom. The Morgan fingerprint density at radius 3 is 2.56 bits per heavy atom. The second-order valence-corrected chi connectivity index (χ2v) is 5.40. The third-order valence-electron chi connectivity index (χ3n) is 3.00. The van der Waals surface area contributed by atoms with Gasteiger partial charge < -0.3 is 10.1 Å². The molecular weight excluding hydrogens is 365 g/mol. The van der Waals surface area contributed by atoms with Crippen LogP contribution in [0.4, 0.5) is 19.0 Å². The third kappa shape index (κ3) is 4.69. The monoisotopic (exact) mass is 376 g/mol. The minimum Gasteiger partial charge on any atom is -0.449 e. The maximum Gasteiger partial charge on any atom is 0.417 e. The van der Waals surface area contributed by atoms with Crippen LogP contribution in [0.15, 0.2) is 24.7 Å². The van der Waals surface area contributed by atoms with Crippen molar-refractivity contribution in [1.82, 2.24) is 14.8 Å². The fourth-order valence-electron chi connectivity index (χ4n) is 1.71. The lowest BCUT2D eigenvalue weighted by molar-refractivity contribution is -0.137. The van der Waals surface area contributed by atoms with Gasteiger partial charge in [-0.2, -0.15) is 18.3 Å². The first kappa shape index (κ1) is 18.7. The number of carbonyl (C=O) groups is 2. The molecule has 0 aliphatic carbocycles. The molecule has 0 aliphatic heterocycles. The van der Waals surface area contributed by atoms with Gasteiger partial charge >= 0.3 is 12.1 Å². The molecule has 25 heavy (non-hydrogen) atoms. The Hall–Kier alpha value is -2.62. The van der Waals surface area contributed by atoms with Crippen LogP contribution >= 0.6 is 11.6 Å². The summed E-state index contributed by atoms with van der Waals surface area (Å²) in [6.07, 6.45) is -2.63. The highest BCUT2D eigenvalue weighted by Gasteiger charge is 2.32. The highest BCUT2D eigenvalue weighted by molar-refractivity contribution is 6.33. The number of aryl methyl sites for hydroxylation is 1. The fourth-order valence-corrected chi connectivity index (χ4v) is 1.93. The highest BCUT2D eigenvalue weighted by Crippen LogP contribution is 2.32. The van der Waals surface area contributed by atoms with Crippen molar-refractivity contribution in [3.8, 4) is 0 Å². The number of rotatable bonds is 4. The number of nitrogens with one attached hydrogen (secondary N) is 1. The number of esters is 1. The number of pyridine rings is 1. The van der Waals surface area contributed by atoms with E-state index in [0.717, 1.165) is 0 Å². The molecule has 0 aliphatic rings. The summed E-state index contributed by atoms with van der Waals surface area (Å²) < 4.78 is 44.0. The number of alkyl halides is 3. The molecule has 2 aromatic rings. The molecule has 1 amide bonds. The summed E-state index contributed by atoms with van der Waals surface area (Å²) in [6, 6.07) is 0.635. The van der Waals surface area contributed by atoms with E-state index in [-0.39, 0.29) is 11.4 Å². The van der Waals surface area contributed by atoms with Crippen LogP contribution in [0.5, 0.6) is 0 Å². The van der Waals surface area contributed by atoms with E-state index in [4.69, 9.17) is 16.3 Å². The van der Waals surface area contributed by atoms with E-state index in [1.807, 2.05) is 0 Å². The number of nitrogens with zero attached hydrogens (tertiary/aromatic N) is 3. The summed E-state index contributed by atoms with van der Waals surface area (Å²) in [5, 5.41) is 5.60. The molecule has 0 saturated heterocycles. The van der Waals surface area contributed by atoms with Crippen molar-refractivity contribution < 1.29 is 27.5 Å². The van der Waals surface area contributed by atoms with E-state index >= 15 is 0 Å². The van der Waals surface area contributed by atoms with Gasteiger partial charge in [0.15, 0.2) is 11.9 Å². The standard InChI is InChI=1S/C14H12ClF3N4O3/c1-7(25-13(24)8-4-20-22(2)6-8)12(23)21-11-10(15)3-9(5-19-11)14(16,17)18/h3-7H,1-2H3,(H,19,21,23)/t7-/m0/s1. The Morgan fingerprint density at radius 1 is 1.36 bits per heavy atom.